The molecule has 0 saturated carbocycles. The number of hydrogen-bond donors (Lipinski definition) is 0. The van der Waals surface area contributed by atoms with Crippen molar-refractivity contribution in [2.24, 2.45) is 5.16 Å². The Morgan fingerprint density at radius 1 is 1.12 bits per heavy atom. The van der Waals surface area contributed by atoms with Crippen LogP contribution in [0.2, 0.25) is 0 Å². The zero-order valence-corrected chi connectivity index (χ0v) is 13.1. The lowest BCUT2D eigenvalue weighted by Gasteiger charge is -2.04. The summed E-state index contributed by atoms with van der Waals surface area (Å²) in [5, 5.41) is 12.5. The van der Waals surface area contributed by atoms with Crippen molar-refractivity contribution in [3.05, 3.63) is 65.2 Å². The van der Waals surface area contributed by atoms with Crippen LogP contribution >= 0.6 is 0 Å². The lowest BCUT2D eigenvalue weighted by Crippen LogP contribution is -2.04. The summed E-state index contributed by atoms with van der Waals surface area (Å²) in [7, 11) is 1.34. The number of ether oxygens (including phenoxy) is 2. The van der Waals surface area contributed by atoms with E-state index in [4.69, 9.17) is 14.8 Å². The van der Waals surface area contributed by atoms with Gasteiger partial charge in [0.05, 0.1) is 30.5 Å². The highest BCUT2D eigenvalue weighted by molar-refractivity contribution is 5.90. The molecule has 6 nitrogen and oxygen atoms in total. The van der Waals surface area contributed by atoms with Gasteiger partial charge < -0.3 is 14.3 Å². The van der Waals surface area contributed by atoms with Crippen molar-refractivity contribution >= 4 is 12.2 Å². The molecule has 2 aromatic rings. The van der Waals surface area contributed by atoms with Crippen LogP contribution in [-0.4, -0.2) is 32.5 Å². The molecule has 24 heavy (non-hydrogen) atoms. The van der Waals surface area contributed by atoms with Crippen molar-refractivity contribution in [2.45, 2.75) is 0 Å². The molecule has 2 aromatic carbocycles. The Kier molecular flexibility index (Phi) is 6.35. The van der Waals surface area contributed by atoms with Crippen LogP contribution in [0.4, 0.5) is 0 Å². The van der Waals surface area contributed by atoms with E-state index in [1.807, 2.05) is 6.07 Å². The lowest BCUT2D eigenvalue weighted by molar-refractivity contribution is 0.0600. The van der Waals surface area contributed by atoms with Gasteiger partial charge >= 0.3 is 5.97 Å². The average molecular weight is 324 g/mol. The molecule has 0 aliphatic carbocycles. The third kappa shape index (κ3) is 5.14. The van der Waals surface area contributed by atoms with Gasteiger partial charge in [-0.3, -0.25) is 0 Å². The van der Waals surface area contributed by atoms with E-state index in [0.717, 1.165) is 5.56 Å². The molecule has 0 bridgehead atoms. The maximum Gasteiger partial charge on any atom is 0.337 e. The SMILES string of the molecule is COC(=O)c1ccc(/C=N/OCCOc2ccc(C#N)cc2)cc1. The molecule has 0 aliphatic heterocycles. The van der Waals surface area contributed by atoms with Crippen LogP contribution in [0.3, 0.4) is 0 Å². The molecule has 0 amide bonds. The topological polar surface area (TPSA) is 80.9 Å². The van der Waals surface area contributed by atoms with Crippen molar-refractivity contribution in [2.75, 3.05) is 20.3 Å². The molecule has 6 heteroatoms. The number of hydrogen-bond acceptors (Lipinski definition) is 6. The van der Waals surface area contributed by atoms with E-state index in [2.05, 4.69) is 9.89 Å². The van der Waals surface area contributed by atoms with E-state index in [0.29, 0.717) is 23.5 Å². The quantitative estimate of drug-likeness (QED) is 0.338. The van der Waals surface area contributed by atoms with E-state index in [9.17, 15) is 4.79 Å². The Labute approximate surface area is 139 Å². The van der Waals surface area contributed by atoms with E-state index in [-0.39, 0.29) is 12.6 Å². The predicted octanol–water partition coefficient (Wildman–Crippen LogP) is 2.77. The number of carbonyl (C=O) groups excluding carboxylic acids is 1. The summed E-state index contributed by atoms with van der Waals surface area (Å²) in [6.07, 6.45) is 1.54. The minimum absolute atomic E-state index is 0.288. The van der Waals surface area contributed by atoms with Crippen molar-refractivity contribution in [1.29, 1.82) is 5.26 Å². The summed E-state index contributed by atoms with van der Waals surface area (Å²) in [5.74, 6) is 0.287. The Bertz CT molecular complexity index is 731. The second-order valence-electron chi connectivity index (χ2n) is 4.67. The number of nitriles is 1. The molecular weight excluding hydrogens is 308 g/mol. The first kappa shape index (κ1) is 17.0. The van der Waals surface area contributed by atoms with E-state index in [1.165, 1.54) is 7.11 Å². The van der Waals surface area contributed by atoms with E-state index < -0.39 is 0 Å². The molecule has 0 fully saturated rings. The summed E-state index contributed by atoms with van der Waals surface area (Å²) in [6.45, 7) is 0.626. The molecule has 0 heterocycles. The highest BCUT2D eigenvalue weighted by Crippen LogP contribution is 2.11. The number of methoxy groups -OCH3 is 1. The highest BCUT2D eigenvalue weighted by Gasteiger charge is 2.03. The molecular formula is C18H16N2O4. The zero-order chi connectivity index (χ0) is 17.2. The Morgan fingerprint density at radius 3 is 2.46 bits per heavy atom. The van der Waals surface area contributed by atoms with Crippen LogP contribution in [0, 0.1) is 11.3 Å². The van der Waals surface area contributed by atoms with Gasteiger partial charge in [0, 0.05) is 0 Å². The summed E-state index contributed by atoms with van der Waals surface area (Å²) < 4.78 is 10.1. The summed E-state index contributed by atoms with van der Waals surface area (Å²) in [4.78, 5) is 16.4. The maximum absolute atomic E-state index is 11.3. The molecule has 2 rings (SSSR count). The molecule has 0 unspecified atom stereocenters. The molecule has 0 saturated heterocycles. The fourth-order valence-corrected chi connectivity index (χ4v) is 1.80. The Hall–Kier alpha value is -3.33. The van der Waals surface area contributed by atoms with Gasteiger partial charge in [-0.15, -0.1) is 0 Å². The molecule has 122 valence electrons. The predicted molar refractivity (Wildman–Crippen MR) is 88.0 cm³/mol. The van der Waals surface area contributed by atoms with Crippen LogP contribution in [0.5, 0.6) is 5.75 Å². The standard InChI is InChI=1S/C18H16N2O4/c1-22-18(21)16-6-2-15(3-7-16)13-20-24-11-10-23-17-8-4-14(12-19)5-9-17/h2-9,13H,10-11H2,1H3/b20-13+. The van der Waals surface area contributed by atoms with Gasteiger partial charge in [0.2, 0.25) is 0 Å². The first-order valence-corrected chi connectivity index (χ1v) is 7.19. The molecule has 0 atom stereocenters. The van der Waals surface area contributed by atoms with Crippen LogP contribution in [0.1, 0.15) is 21.5 Å². The van der Waals surface area contributed by atoms with Gasteiger partial charge in [-0.25, -0.2) is 4.79 Å². The number of rotatable bonds is 7. The molecule has 0 N–H and O–H groups in total. The smallest absolute Gasteiger partial charge is 0.337 e. The Balaban J connectivity index is 1.70. The fraction of sp³-hybridized carbons (Fsp3) is 0.167. The largest absolute Gasteiger partial charge is 0.490 e. The minimum Gasteiger partial charge on any atom is -0.490 e. The van der Waals surface area contributed by atoms with Crippen molar-refractivity contribution in [3.8, 4) is 11.8 Å². The number of oxime groups is 1. The summed E-state index contributed by atoms with van der Waals surface area (Å²) in [5.41, 5.74) is 1.86. The van der Waals surface area contributed by atoms with Gasteiger partial charge in [-0.05, 0) is 42.0 Å². The van der Waals surface area contributed by atoms with Crippen LogP contribution in [-0.2, 0) is 9.57 Å². The minimum atomic E-state index is -0.380. The first-order chi connectivity index (χ1) is 11.7. The summed E-state index contributed by atoms with van der Waals surface area (Å²) >= 11 is 0. The van der Waals surface area contributed by atoms with Gasteiger partial charge in [-0.2, -0.15) is 5.26 Å². The second kappa shape index (κ2) is 8.96. The average Bonchev–Trinajstić information content (AvgIpc) is 2.65. The molecule has 0 aliphatic rings. The van der Waals surface area contributed by atoms with Gasteiger partial charge in [0.15, 0.2) is 6.61 Å². The third-order valence-electron chi connectivity index (χ3n) is 3.03. The van der Waals surface area contributed by atoms with Crippen molar-refractivity contribution < 1.29 is 19.1 Å². The second-order valence-corrected chi connectivity index (χ2v) is 4.67. The summed E-state index contributed by atoms with van der Waals surface area (Å²) in [6, 6.07) is 15.7. The van der Waals surface area contributed by atoms with Gasteiger partial charge in [0.25, 0.3) is 0 Å². The Morgan fingerprint density at radius 2 is 1.83 bits per heavy atom. The zero-order valence-electron chi connectivity index (χ0n) is 13.1. The van der Waals surface area contributed by atoms with Crippen molar-refractivity contribution in [1.82, 2.24) is 0 Å². The molecule has 0 radical (unpaired) electrons. The first-order valence-electron chi connectivity index (χ1n) is 7.19. The van der Waals surface area contributed by atoms with Gasteiger partial charge in [0.1, 0.15) is 12.4 Å². The van der Waals surface area contributed by atoms with Crippen LogP contribution < -0.4 is 4.74 Å². The number of nitrogens with zero attached hydrogens (tertiary/aromatic N) is 2. The molecule has 0 aromatic heterocycles. The fourth-order valence-electron chi connectivity index (χ4n) is 1.80. The van der Waals surface area contributed by atoms with E-state index >= 15 is 0 Å². The number of benzene rings is 2. The van der Waals surface area contributed by atoms with Gasteiger partial charge in [-0.1, -0.05) is 17.3 Å². The normalized spacial score (nSPS) is 10.2. The maximum atomic E-state index is 11.3. The van der Waals surface area contributed by atoms with Crippen molar-refractivity contribution in [3.63, 3.8) is 0 Å². The van der Waals surface area contributed by atoms with Crippen LogP contribution in [0.15, 0.2) is 53.7 Å². The monoisotopic (exact) mass is 324 g/mol. The van der Waals surface area contributed by atoms with Crippen LogP contribution in [0.25, 0.3) is 0 Å². The highest BCUT2D eigenvalue weighted by atomic mass is 16.6. The van der Waals surface area contributed by atoms with E-state index in [1.54, 1.807) is 54.7 Å². The lowest BCUT2D eigenvalue weighted by atomic mass is 10.1. The number of esters is 1. The number of carbonyl (C=O) groups is 1. The third-order valence-corrected chi connectivity index (χ3v) is 3.03. The molecule has 0 spiro atoms.